The minimum atomic E-state index is -0.593. The van der Waals surface area contributed by atoms with E-state index in [4.69, 9.17) is 18.7 Å². The minimum absolute atomic E-state index is 0.0258. The third-order valence-corrected chi connectivity index (χ3v) is 8.15. The normalized spacial score (nSPS) is 15.0. The number of nitrogens with zero attached hydrogens (tertiary/aromatic N) is 4. The standard InChI is InChI=1S/C32H20N4Se/c1-4-10-22(11-5-1)29-34-30(23-12-6-2-7-13-23)36-31(35-29)25-17-16-21-18-19-27-28(26(21)20-25)37-32(33-27)24-14-8-3-9-15-24/h1-20H/i1D,2D,4D,5D,6D,7D,10D,11D,12D,13D. The van der Waals surface area contributed by atoms with Crippen LogP contribution in [-0.4, -0.2) is 34.4 Å². The van der Waals surface area contributed by atoms with Gasteiger partial charge in [0.25, 0.3) is 0 Å². The fourth-order valence-electron chi connectivity index (χ4n) is 4.00. The van der Waals surface area contributed by atoms with Crippen LogP contribution in [0.4, 0.5) is 0 Å². The first-order chi connectivity index (χ1) is 22.5. The summed E-state index contributed by atoms with van der Waals surface area (Å²) in [4.78, 5) is 18.3. The molecule has 7 aromatic rings. The Kier molecular flexibility index (Phi) is 3.42. The summed E-state index contributed by atoms with van der Waals surface area (Å²) in [5.74, 6) is -0.574. The van der Waals surface area contributed by atoms with Crippen LogP contribution in [0.3, 0.4) is 0 Å². The van der Waals surface area contributed by atoms with Crippen molar-refractivity contribution in [1.82, 2.24) is 19.9 Å². The Morgan fingerprint density at radius 3 is 1.78 bits per heavy atom. The Balaban J connectivity index is 1.51. The van der Waals surface area contributed by atoms with Crippen molar-refractivity contribution in [2.24, 2.45) is 0 Å². The van der Waals surface area contributed by atoms with Gasteiger partial charge in [0.05, 0.1) is 0 Å². The first kappa shape index (κ1) is 13.8. The molecule has 2 aromatic heterocycles. The summed E-state index contributed by atoms with van der Waals surface area (Å²) < 4.78 is 85.0. The zero-order chi connectivity index (χ0) is 33.3. The van der Waals surface area contributed by atoms with E-state index in [0.717, 1.165) is 30.7 Å². The Morgan fingerprint density at radius 1 is 0.541 bits per heavy atom. The van der Waals surface area contributed by atoms with Crippen molar-refractivity contribution in [3.8, 4) is 44.3 Å². The maximum absolute atomic E-state index is 8.54. The van der Waals surface area contributed by atoms with E-state index in [1.807, 2.05) is 54.6 Å². The first-order valence-corrected chi connectivity index (χ1v) is 13.0. The van der Waals surface area contributed by atoms with Gasteiger partial charge in [0, 0.05) is 0 Å². The molecule has 0 radical (unpaired) electrons. The van der Waals surface area contributed by atoms with Crippen LogP contribution in [0.25, 0.3) is 64.8 Å². The van der Waals surface area contributed by atoms with Crippen molar-refractivity contribution in [2.45, 2.75) is 0 Å². The average Bonchev–Trinajstić information content (AvgIpc) is 3.54. The van der Waals surface area contributed by atoms with Crippen molar-refractivity contribution < 1.29 is 13.7 Å². The predicted octanol–water partition coefficient (Wildman–Crippen LogP) is 7.30. The van der Waals surface area contributed by atoms with Crippen LogP contribution in [0.15, 0.2) is 121 Å². The summed E-state index contributed by atoms with van der Waals surface area (Å²) >= 11 is -0.120. The Bertz CT molecular complexity index is 2290. The summed E-state index contributed by atoms with van der Waals surface area (Å²) in [6, 6.07) is 13.6. The molecule has 7 rings (SSSR count). The molecule has 37 heavy (non-hydrogen) atoms. The molecule has 0 aliphatic rings. The van der Waals surface area contributed by atoms with E-state index in [2.05, 4.69) is 15.0 Å². The molecule has 5 aromatic carbocycles. The molecule has 0 saturated heterocycles. The zero-order valence-electron chi connectivity index (χ0n) is 29.0. The van der Waals surface area contributed by atoms with Crippen LogP contribution in [-0.2, 0) is 0 Å². The maximum atomic E-state index is 8.54. The second-order valence-electron chi connectivity index (χ2n) is 8.04. The van der Waals surface area contributed by atoms with Crippen molar-refractivity contribution in [3.05, 3.63) is 121 Å². The molecule has 0 atom stereocenters. The summed E-state index contributed by atoms with van der Waals surface area (Å²) in [5, 5.41) is 1.86. The van der Waals surface area contributed by atoms with Gasteiger partial charge in [-0.25, -0.2) is 0 Å². The molecule has 0 saturated carbocycles. The molecular formula is C32H20N4Se. The topological polar surface area (TPSA) is 51.6 Å². The molecule has 0 N–H and O–H groups in total. The van der Waals surface area contributed by atoms with Crippen LogP contribution >= 0.6 is 0 Å². The van der Waals surface area contributed by atoms with E-state index in [9.17, 15) is 0 Å². The van der Waals surface area contributed by atoms with Gasteiger partial charge in [0.2, 0.25) is 0 Å². The van der Waals surface area contributed by atoms with Crippen LogP contribution < -0.4 is 0 Å². The van der Waals surface area contributed by atoms with Gasteiger partial charge in [-0.3, -0.25) is 0 Å². The number of benzene rings is 5. The zero-order valence-corrected chi connectivity index (χ0v) is 20.7. The SMILES string of the molecule is [2H]c1c([2H])c([2H])c(-c2nc(-c3ccc4ccc5nc(-c6ccccc6)[se]c5c4c3)nc(-c3c([2H])c([2H])c([2H])c([2H])c3[2H])n2)c([2H])c1[2H]. The van der Waals surface area contributed by atoms with E-state index < -0.39 is 60.4 Å². The molecule has 4 nitrogen and oxygen atoms in total. The first-order valence-electron chi connectivity index (χ1n) is 16.3. The molecule has 0 unspecified atom stereocenters. The molecule has 2 heterocycles. The van der Waals surface area contributed by atoms with Gasteiger partial charge >= 0.3 is 234 Å². The second kappa shape index (κ2) is 9.21. The van der Waals surface area contributed by atoms with Crippen molar-refractivity contribution >= 4 is 35.1 Å². The number of hydrogen-bond donors (Lipinski definition) is 0. The molecule has 0 fully saturated rings. The van der Waals surface area contributed by atoms with E-state index in [-0.39, 0.29) is 43.1 Å². The van der Waals surface area contributed by atoms with Gasteiger partial charge in [-0.05, 0) is 0 Å². The molecule has 0 bridgehead atoms. The van der Waals surface area contributed by atoms with E-state index in [1.54, 1.807) is 6.07 Å². The van der Waals surface area contributed by atoms with Gasteiger partial charge in [0.15, 0.2) is 0 Å². The molecule has 0 amide bonds. The third-order valence-electron chi connectivity index (χ3n) is 5.73. The fourth-order valence-corrected chi connectivity index (χ4v) is 6.30. The Labute approximate surface area is 234 Å². The molecule has 0 spiro atoms. The monoisotopic (exact) mass is 550 g/mol. The van der Waals surface area contributed by atoms with Gasteiger partial charge in [0.1, 0.15) is 0 Å². The second-order valence-corrected chi connectivity index (χ2v) is 10.1. The van der Waals surface area contributed by atoms with E-state index in [0.29, 0.717) is 5.56 Å². The number of fused-ring (bicyclic) bond motifs is 3. The Morgan fingerprint density at radius 2 is 1.14 bits per heavy atom. The van der Waals surface area contributed by atoms with Gasteiger partial charge in [-0.15, -0.1) is 0 Å². The van der Waals surface area contributed by atoms with Crippen LogP contribution in [0.5, 0.6) is 0 Å². The fraction of sp³-hybridized carbons (Fsp3) is 0. The predicted molar refractivity (Wildman–Crippen MR) is 151 cm³/mol. The van der Waals surface area contributed by atoms with Crippen molar-refractivity contribution in [1.29, 1.82) is 0 Å². The molecule has 0 aliphatic carbocycles. The van der Waals surface area contributed by atoms with Crippen LogP contribution in [0.1, 0.15) is 13.7 Å². The molecular weight excluding hydrogens is 519 g/mol. The third kappa shape index (κ3) is 4.15. The van der Waals surface area contributed by atoms with Gasteiger partial charge < -0.3 is 0 Å². The molecule has 174 valence electrons. The van der Waals surface area contributed by atoms with Gasteiger partial charge in [-0.2, -0.15) is 0 Å². The summed E-state index contributed by atoms with van der Waals surface area (Å²) in [6.45, 7) is 0. The number of hydrogen-bond acceptors (Lipinski definition) is 4. The number of rotatable bonds is 4. The van der Waals surface area contributed by atoms with Crippen LogP contribution in [0.2, 0.25) is 0 Å². The molecule has 5 heteroatoms. The van der Waals surface area contributed by atoms with Crippen LogP contribution in [0, 0.1) is 0 Å². The summed E-state index contributed by atoms with van der Waals surface area (Å²) in [6.07, 6.45) is 0. The van der Waals surface area contributed by atoms with Gasteiger partial charge in [-0.1, -0.05) is 0 Å². The van der Waals surface area contributed by atoms with E-state index >= 15 is 0 Å². The summed E-state index contributed by atoms with van der Waals surface area (Å²) in [7, 11) is 0. The van der Waals surface area contributed by atoms with E-state index in [1.165, 1.54) is 0 Å². The van der Waals surface area contributed by atoms with Crippen molar-refractivity contribution in [3.63, 3.8) is 0 Å². The Hall–Kier alpha value is -4.44. The molecule has 0 aliphatic heterocycles. The summed E-state index contributed by atoms with van der Waals surface area (Å²) in [5.41, 5.74) is 1.76. The quantitative estimate of drug-likeness (QED) is 0.216. The van der Waals surface area contributed by atoms with Crippen molar-refractivity contribution in [2.75, 3.05) is 0 Å². The average molecular weight is 550 g/mol. The number of aromatic nitrogens is 4.